The Morgan fingerprint density at radius 3 is 1.91 bits per heavy atom. The Bertz CT molecular complexity index is 2790. The molecular formula is C49H34BN3OS2. The molecule has 0 fully saturated rings. The van der Waals surface area contributed by atoms with Gasteiger partial charge in [-0.05, 0) is 108 Å². The van der Waals surface area contributed by atoms with E-state index in [1.165, 1.54) is 47.2 Å². The number of benzene rings is 8. The number of rotatable bonds is 6. The van der Waals surface area contributed by atoms with Crippen molar-refractivity contribution in [2.24, 2.45) is 0 Å². The lowest BCUT2D eigenvalue weighted by Crippen LogP contribution is -2.42. The average molecular weight is 756 g/mol. The first-order valence-electron chi connectivity index (χ1n) is 18.9. The minimum absolute atomic E-state index is 0.762. The summed E-state index contributed by atoms with van der Waals surface area (Å²) in [6.07, 6.45) is 0. The third-order valence-electron chi connectivity index (χ3n) is 10.8. The van der Waals surface area contributed by atoms with Crippen LogP contribution in [-0.4, -0.2) is 7.28 Å². The zero-order valence-electron chi connectivity index (χ0n) is 30.6. The summed E-state index contributed by atoms with van der Waals surface area (Å²) in [4.78, 5) is 9.92. The molecule has 1 N–H and O–H groups in total. The van der Waals surface area contributed by atoms with Crippen LogP contribution in [0, 0.1) is 6.92 Å². The number of fused-ring (bicyclic) bond motifs is 6. The topological polar surface area (TPSA) is 27.7 Å². The molecule has 4 nitrogen and oxygen atoms in total. The Labute approximate surface area is 336 Å². The summed E-state index contributed by atoms with van der Waals surface area (Å²) in [5.41, 5.74) is 14.8. The Morgan fingerprint density at radius 2 is 1.16 bits per heavy atom. The molecule has 7 heteroatoms. The van der Waals surface area contributed by atoms with E-state index >= 15 is 0 Å². The molecule has 0 radical (unpaired) electrons. The van der Waals surface area contributed by atoms with Crippen molar-refractivity contribution in [3.05, 3.63) is 181 Å². The molecule has 0 atom stereocenters. The average Bonchev–Trinajstić information content (AvgIpc) is 3.24. The summed E-state index contributed by atoms with van der Waals surface area (Å²) in [7, 11) is 0.762. The zero-order chi connectivity index (χ0) is 37.2. The van der Waals surface area contributed by atoms with Gasteiger partial charge in [-0.3, -0.25) is 0 Å². The molecule has 3 aliphatic heterocycles. The van der Waals surface area contributed by atoms with Crippen LogP contribution in [0.15, 0.2) is 196 Å². The van der Waals surface area contributed by atoms with Crippen LogP contribution in [0.2, 0.25) is 0 Å². The van der Waals surface area contributed by atoms with Gasteiger partial charge in [0.05, 0.1) is 11.4 Å². The van der Waals surface area contributed by atoms with Gasteiger partial charge >= 0.3 is 0 Å². The van der Waals surface area contributed by atoms with Crippen LogP contribution in [0.4, 0.5) is 45.5 Å². The van der Waals surface area contributed by atoms with Gasteiger partial charge in [0.2, 0.25) is 0 Å². The maximum Gasteiger partial charge on any atom is 0.198 e. The van der Waals surface area contributed by atoms with E-state index in [1.807, 2.05) is 23.5 Å². The van der Waals surface area contributed by atoms with E-state index in [4.69, 9.17) is 4.74 Å². The Kier molecular flexibility index (Phi) is 7.97. The number of para-hydroxylation sites is 6. The smallest absolute Gasteiger partial charge is 0.198 e. The molecule has 3 aliphatic rings. The molecule has 0 aromatic heterocycles. The predicted octanol–water partition coefficient (Wildman–Crippen LogP) is 12.8. The van der Waals surface area contributed by atoms with Crippen molar-refractivity contribution in [3.63, 3.8) is 0 Å². The van der Waals surface area contributed by atoms with Gasteiger partial charge in [0.25, 0.3) is 0 Å². The quantitative estimate of drug-likeness (QED) is 0.170. The molecule has 11 rings (SSSR count). The fraction of sp³-hybridized carbons (Fsp3) is 0.0204. The van der Waals surface area contributed by atoms with Crippen LogP contribution in [0.25, 0.3) is 11.1 Å². The van der Waals surface area contributed by atoms with Crippen molar-refractivity contribution in [1.82, 2.24) is 0 Å². The zero-order valence-corrected chi connectivity index (χ0v) is 32.2. The molecular weight excluding hydrogens is 722 g/mol. The van der Waals surface area contributed by atoms with Crippen LogP contribution in [0.5, 0.6) is 11.5 Å². The molecule has 0 unspecified atom stereocenters. The lowest BCUT2D eigenvalue weighted by atomic mass is 9.58. The maximum atomic E-state index is 6.59. The van der Waals surface area contributed by atoms with Crippen molar-refractivity contribution < 1.29 is 4.74 Å². The monoisotopic (exact) mass is 755 g/mol. The van der Waals surface area contributed by atoms with Crippen LogP contribution in [0.1, 0.15) is 5.56 Å². The predicted molar refractivity (Wildman–Crippen MR) is 237 cm³/mol. The third-order valence-corrected chi connectivity index (χ3v) is 13.3. The second-order valence-corrected chi connectivity index (χ2v) is 16.4. The number of ether oxygens (including phenoxy) is 1. The summed E-state index contributed by atoms with van der Waals surface area (Å²) in [6.45, 7) is 2.17. The van der Waals surface area contributed by atoms with Crippen LogP contribution < -0.4 is 30.8 Å². The lowest BCUT2D eigenvalue weighted by Gasteiger charge is -2.40. The summed E-state index contributed by atoms with van der Waals surface area (Å²) in [5.74, 6) is 1.73. The van der Waals surface area contributed by atoms with Crippen molar-refractivity contribution in [3.8, 4) is 22.6 Å². The molecule has 0 amide bonds. The minimum atomic E-state index is 0.762. The summed E-state index contributed by atoms with van der Waals surface area (Å²) in [5, 5.41) is 3.94. The second-order valence-electron chi connectivity index (χ2n) is 14.3. The van der Waals surface area contributed by atoms with Gasteiger partial charge < -0.3 is 19.9 Å². The normalized spacial score (nSPS) is 12.8. The van der Waals surface area contributed by atoms with Crippen molar-refractivity contribution in [2.75, 3.05) is 15.1 Å². The molecule has 266 valence electrons. The molecule has 8 aromatic rings. The van der Waals surface area contributed by atoms with E-state index in [9.17, 15) is 0 Å². The molecule has 0 aliphatic carbocycles. The summed E-state index contributed by atoms with van der Waals surface area (Å²) >= 11 is 3.71. The van der Waals surface area contributed by atoms with Gasteiger partial charge in [0, 0.05) is 59.3 Å². The molecule has 0 saturated carbocycles. The fourth-order valence-electron chi connectivity index (χ4n) is 8.21. The number of nitrogens with one attached hydrogen (secondary N) is 1. The molecule has 0 spiro atoms. The van der Waals surface area contributed by atoms with E-state index in [1.54, 1.807) is 0 Å². The highest BCUT2D eigenvalue weighted by atomic mass is 32.2. The van der Waals surface area contributed by atoms with Gasteiger partial charge in [-0.15, -0.1) is 0 Å². The van der Waals surface area contributed by atoms with E-state index in [2.05, 4.69) is 198 Å². The van der Waals surface area contributed by atoms with E-state index < -0.39 is 0 Å². The Hall–Kier alpha value is -6.28. The maximum absolute atomic E-state index is 6.59. The van der Waals surface area contributed by atoms with E-state index in [-0.39, 0.29) is 0 Å². The van der Waals surface area contributed by atoms with Crippen molar-refractivity contribution in [1.29, 1.82) is 0 Å². The Morgan fingerprint density at radius 1 is 0.518 bits per heavy atom. The molecule has 0 bridgehead atoms. The standard InChI is InChI=1S/C49H34BN3OS2/c1-31-15-8-9-21-38(31)51-39-30-47-46(55-44-25-12-13-26-45(44)56-47)29-35(39)36-27-34(52(32-16-4-2-5-17-32)33-18-6-3-7-19-33)28-41-48(36)50-37-20-14-24-43-49(37)53(41)40-22-10-11-23-42(40)54-43/h2-30,50-51H,1H3. The lowest BCUT2D eigenvalue weighted by molar-refractivity contribution is 0.477. The first kappa shape index (κ1) is 33.1. The highest BCUT2D eigenvalue weighted by Gasteiger charge is 2.36. The SMILES string of the molecule is Cc1ccccc1Nc1cc2c(cc1-c1cc(N(c3ccccc3)c3ccccc3)cc3c1Bc1cccc4c1N3c1ccccc1O4)Sc1ccccc1S2. The van der Waals surface area contributed by atoms with Crippen molar-refractivity contribution >= 4 is 87.2 Å². The number of hydrogen-bond donors (Lipinski definition) is 1. The highest BCUT2D eigenvalue weighted by Crippen LogP contribution is 2.54. The molecule has 8 aromatic carbocycles. The molecule has 56 heavy (non-hydrogen) atoms. The number of aryl methyl sites for hydroxylation is 1. The third kappa shape index (κ3) is 5.57. The Balaban J connectivity index is 1.21. The van der Waals surface area contributed by atoms with E-state index in [0.29, 0.717) is 0 Å². The van der Waals surface area contributed by atoms with Crippen LogP contribution in [-0.2, 0) is 0 Å². The van der Waals surface area contributed by atoms with Gasteiger partial charge in [-0.2, -0.15) is 0 Å². The highest BCUT2D eigenvalue weighted by molar-refractivity contribution is 8.05. The number of hydrogen-bond acceptors (Lipinski definition) is 6. The van der Waals surface area contributed by atoms with Gasteiger partial charge in [0.1, 0.15) is 0 Å². The molecule has 0 saturated heterocycles. The number of anilines is 8. The first-order valence-corrected chi connectivity index (χ1v) is 20.5. The van der Waals surface area contributed by atoms with Gasteiger partial charge in [-0.25, -0.2) is 0 Å². The van der Waals surface area contributed by atoms with Crippen molar-refractivity contribution in [2.45, 2.75) is 26.5 Å². The van der Waals surface area contributed by atoms with Gasteiger partial charge in [-0.1, -0.05) is 120 Å². The van der Waals surface area contributed by atoms with Gasteiger partial charge in [0.15, 0.2) is 18.8 Å². The van der Waals surface area contributed by atoms with Crippen LogP contribution >= 0.6 is 23.5 Å². The molecule has 3 heterocycles. The fourth-order valence-corrected chi connectivity index (χ4v) is 10.5. The van der Waals surface area contributed by atoms with Crippen LogP contribution in [0.3, 0.4) is 0 Å². The summed E-state index contributed by atoms with van der Waals surface area (Å²) in [6, 6.07) is 63.2. The van der Waals surface area contributed by atoms with E-state index in [0.717, 1.165) is 64.3 Å². The number of nitrogens with zero attached hydrogens (tertiary/aromatic N) is 2. The summed E-state index contributed by atoms with van der Waals surface area (Å²) < 4.78 is 6.59. The first-order chi connectivity index (χ1) is 27.7. The minimum Gasteiger partial charge on any atom is -0.453 e. The second kappa shape index (κ2) is 13.5. The largest absolute Gasteiger partial charge is 0.453 e.